The van der Waals surface area contributed by atoms with Crippen LogP contribution in [0.2, 0.25) is 0 Å². The molecule has 0 bridgehead atoms. The molecule has 1 amide bonds. The van der Waals surface area contributed by atoms with E-state index < -0.39 is 6.04 Å². The van der Waals surface area contributed by atoms with Gasteiger partial charge >= 0.3 is 0 Å². The number of nitrogens with two attached hydrogens (primary N) is 1. The monoisotopic (exact) mass is 257 g/mol. The van der Waals surface area contributed by atoms with Crippen molar-refractivity contribution in [3.63, 3.8) is 0 Å². The van der Waals surface area contributed by atoms with E-state index in [-0.39, 0.29) is 11.7 Å². The first-order valence-corrected chi connectivity index (χ1v) is 5.92. The fourth-order valence-corrected chi connectivity index (χ4v) is 2.27. The maximum absolute atomic E-state index is 13.3. The van der Waals surface area contributed by atoms with Gasteiger partial charge in [0.2, 0.25) is 5.91 Å². The molecule has 96 valence electrons. The van der Waals surface area contributed by atoms with E-state index in [1.54, 1.807) is 24.5 Å². The zero-order valence-corrected chi connectivity index (χ0v) is 10.1. The average Bonchev–Trinajstić information content (AvgIpc) is 2.65. The number of hydrogen-bond donors (Lipinski definition) is 1. The number of aromatic nitrogens is 1. The van der Waals surface area contributed by atoms with Crippen LogP contribution >= 0.6 is 0 Å². The van der Waals surface area contributed by atoms with E-state index in [4.69, 9.17) is 5.73 Å². The molecule has 5 heteroatoms. The molecule has 1 aliphatic rings. The molecule has 1 aromatic carbocycles. The number of nitrogens with zero attached hydrogens (tertiary/aromatic N) is 2. The minimum Gasteiger partial charge on any atom is -0.316 e. The molecule has 0 fully saturated rings. The highest BCUT2D eigenvalue weighted by Gasteiger charge is 2.34. The smallest absolute Gasteiger partial charge is 0.248 e. The minimum absolute atomic E-state index is 0.218. The first kappa shape index (κ1) is 11.8. The van der Waals surface area contributed by atoms with Gasteiger partial charge in [-0.3, -0.25) is 9.78 Å². The number of carbonyl (C=O) groups is 1. The maximum atomic E-state index is 13.3. The Morgan fingerprint density at radius 3 is 2.95 bits per heavy atom. The summed E-state index contributed by atoms with van der Waals surface area (Å²) in [5, 5.41) is 0. The number of halogens is 1. The highest BCUT2D eigenvalue weighted by atomic mass is 19.1. The number of benzene rings is 1. The van der Waals surface area contributed by atoms with Crippen molar-refractivity contribution in [2.45, 2.75) is 12.6 Å². The van der Waals surface area contributed by atoms with E-state index in [1.165, 1.54) is 17.0 Å². The molecule has 0 radical (unpaired) electrons. The summed E-state index contributed by atoms with van der Waals surface area (Å²) >= 11 is 0. The predicted octanol–water partition coefficient (Wildman–Crippen LogP) is 1.77. The van der Waals surface area contributed by atoms with Gasteiger partial charge in [0.25, 0.3) is 0 Å². The van der Waals surface area contributed by atoms with Crippen molar-refractivity contribution in [1.29, 1.82) is 0 Å². The highest BCUT2D eigenvalue weighted by Crippen LogP contribution is 2.35. The van der Waals surface area contributed by atoms with Crippen molar-refractivity contribution >= 4 is 11.6 Å². The standard InChI is InChI=1S/C14H12FN3O/c15-10-3-4-11-12(6-10)18(14(19)13(11)16)8-9-2-1-5-17-7-9/h1-7,13H,8,16H2. The number of rotatable bonds is 2. The van der Waals surface area contributed by atoms with Crippen LogP contribution in [0.4, 0.5) is 10.1 Å². The van der Waals surface area contributed by atoms with Gasteiger partial charge in [0.1, 0.15) is 11.9 Å². The Hall–Kier alpha value is -2.27. The van der Waals surface area contributed by atoms with Gasteiger partial charge in [-0.05, 0) is 23.8 Å². The number of amides is 1. The quantitative estimate of drug-likeness (QED) is 0.892. The fourth-order valence-electron chi connectivity index (χ4n) is 2.27. The largest absolute Gasteiger partial charge is 0.316 e. The van der Waals surface area contributed by atoms with Gasteiger partial charge in [0, 0.05) is 18.0 Å². The summed E-state index contributed by atoms with van der Waals surface area (Å²) in [5.74, 6) is -0.596. The molecule has 19 heavy (non-hydrogen) atoms. The Kier molecular flexibility index (Phi) is 2.76. The van der Waals surface area contributed by atoms with Crippen LogP contribution < -0.4 is 10.6 Å². The van der Waals surface area contributed by atoms with Crippen molar-refractivity contribution in [2.24, 2.45) is 5.73 Å². The molecule has 0 saturated carbocycles. The van der Waals surface area contributed by atoms with Gasteiger partial charge in [-0.15, -0.1) is 0 Å². The molecule has 3 rings (SSSR count). The van der Waals surface area contributed by atoms with Crippen molar-refractivity contribution in [1.82, 2.24) is 4.98 Å². The molecule has 4 nitrogen and oxygen atoms in total. The van der Waals surface area contributed by atoms with Crippen molar-refractivity contribution < 1.29 is 9.18 Å². The summed E-state index contributed by atoms with van der Waals surface area (Å²) < 4.78 is 13.3. The zero-order valence-electron chi connectivity index (χ0n) is 10.1. The van der Waals surface area contributed by atoms with Gasteiger partial charge in [0.05, 0.1) is 12.2 Å². The van der Waals surface area contributed by atoms with Crippen molar-refractivity contribution in [3.05, 3.63) is 59.7 Å². The molecule has 0 saturated heterocycles. The van der Waals surface area contributed by atoms with Crippen molar-refractivity contribution in [2.75, 3.05) is 4.90 Å². The lowest BCUT2D eigenvalue weighted by molar-refractivity contribution is -0.119. The summed E-state index contributed by atoms with van der Waals surface area (Å²) in [6, 6.07) is 7.17. The Labute approximate surface area is 109 Å². The molecule has 2 aromatic rings. The van der Waals surface area contributed by atoms with Gasteiger partial charge in [-0.2, -0.15) is 0 Å². The minimum atomic E-state index is -0.715. The lowest BCUT2D eigenvalue weighted by Crippen LogP contribution is -2.31. The average molecular weight is 257 g/mol. The van der Waals surface area contributed by atoms with Crippen LogP contribution in [0, 0.1) is 5.82 Å². The van der Waals surface area contributed by atoms with Crippen LogP contribution in [0.15, 0.2) is 42.7 Å². The van der Waals surface area contributed by atoms with E-state index in [1.807, 2.05) is 6.07 Å². The number of anilines is 1. The maximum Gasteiger partial charge on any atom is 0.248 e. The second-order valence-corrected chi connectivity index (χ2v) is 4.47. The zero-order chi connectivity index (χ0) is 13.4. The normalized spacial score (nSPS) is 17.7. The van der Waals surface area contributed by atoms with Crippen LogP contribution in [0.3, 0.4) is 0 Å². The Morgan fingerprint density at radius 1 is 1.37 bits per heavy atom. The van der Waals surface area contributed by atoms with Crippen LogP contribution in [-0.2, 0) is 11.3 Å². The third kappa shape index (κ3) is 1.98. The predicted molar refractivity (Wildman–Crippen MR) is 68.8 cm³/mol. The summed E-state index contributed by atoms with van der Waals surface area (Å²) in [6.07, 6.45) is 3.34. The van der Waals surface area contributed by atoms with Crippen LogP contribution in [0.25, 0.3) is 0 Å². The topological polar surface area (TPSA) is 59.2 Å². The SMILES string of the molecule is NC1C(=O)N(Cc2cccnc2)c2cc(F)ccc21. The van der Waals surface area contributed by atoms with E-state index in [2.05, 4.69) is 4.98 Å². The summed E-state index contributed by atoms with van der Waals surface area (Å²) in [7, 11) is 0. The van der Waals surface area contributed by atoms with Crippen LogP contribution in [-0.4, -0.2) is 10.9 Å². The second kappa shape index (κ2) is 4.44. The molecular weight excluding hydrogens is 245 g/mol. The third-order valence-corrected chi connectivity index (χ3v) is 3.21. The van der Waals surface area contributed by atoms with Gasteiger partial charge in [-0.1, -0.05) is 12.1 Å². The molecule has 1 aromatic heterocycles. The first-order valence-electron chi connectivity index (χ1n) is 5.92. The van der Waals surface area contributed by atoms with Crippen molar-refractivity contribution in [3.8, 4) is 0 Å². The molecular formula is C14H12FN3O. The number of hydrogen-bond acceptors (Lipinski definition) is 3. The summed E-state index contributed by atoms with van der Waals surface area (Å²) in [5.41, 5.74) is 7.94. The fraction of sp³-hybridized carbons (Fsp3) is 0.143. The van der Waals surface area contributed by atoms with Crippen LogP contribution in [0.1, 0.15) is 17.2 Å². The van der Waals surface area contributed by atoms with E-state index in [0.717, 1.165) is 5.56 Å². The first-order chi connectivity index (χ1) is 9.16. The van der Waals surface area contributed by atoms with Gasteiger partial charge in [0.15, 0.2) is 0 Å². The van der Waals surface area contributed by atoms with Gasteiger partial charge < -0.3 is 10.6 Å². The summed E-state index contributed by atoms with van der Waals surface area (Å²) in [6.45, 7) is 0.344. The molecule has 2 N–H and O–H groups in total. The van der Waals surface area contributed by atoms with Crippen LogP contribution in [0.5, 0.6) is 0 Å². The molecule has 1 unspecified atom stereocenters. The molecule has 0 spiro atoms. The lowest BCUT2D eigenvalue weighted by Gasteiger charge is -2.17. The summed E-state index contributed by atoms with van der Waals surface area (Å²) in [4.78, 5) is 17.6. The van der Waals surface area contributed by atoms with Gasteiger partial charge in [-0.25, -0.2) is 4.39 Å². The number of carbonyl (C=O) groups excluding carboxylic acids is 1. The van der Waals surface area contributed by atoms with E-state index in [0.29, 0.717) is 17.8 Å². The molecule has 2 heterocycles. The molecule has 1 aliphatic heterocycles. The Bertz CT molecular complexity index is 630. The van der Waals surface area contributed by atoms with E-state index >= 15 is 0 Å². The molecule has 0 aliphatic carbocycles. The number of fused-ring (bicyclic) bond motifs is 1. The third-order valence-electron chi connectivity index (χ3n) is 3.21. The lowest BCUT2D eigenvalue weighted by atomic mass is 10.1. The molecule has 1 atom stereocenters. The Morgan fingerprint density at radius 2 is 2.21 bits per heavy atom. The van der Waals surface area contributed by atoms with E-state index in [9.17, 15) is 9.18 Å². The Balaban J connectivity index is 1.99. The number of pyridine rings is 1. The highest BCUT2D eigenvalue weighted by molar-refractivity contribution is 6.04. The second-order valence-electron chi connectivity index (χ2n) is 4.47.